The van der Waals surface area contributed by atoms with Crippen LogP contribution in [0.15, 0.2) is 12.3 Å². The van der Waals surface area contributed by atoms with Gasteiger partial charge in [-0.05, 0) is 46.6 Å². The van der Waals surface area contributed by atoms with Gasteiger partial charge >= 0.3 is 7.12 Å². The molecule has 2 fully saturated rings. The Labute approximate surface area is 120 Å². The summed E-state index contributed by atoms with van der Waals surface area (Å²) in [5.41, 5.74) is 0.132. The van der Waals surface area contributed by atoms with Gasteiger partial charge in [0.25, 0.3) is 0 Å². The van der Waals surface area contributed by atoms with Crippen LogP contribution in [0.2, 0.25) is 0 Å². The van der Waals surface area contributed by atoms with Crippen molar-refractivity contribution in [2.45, 2.75) is 51.7 Å². The van der Waals surface area contributed by atoms with Crippen molar-refractivity contribution in [1.82, 2.24) is 9.97 Å². The largest absolute Gasteiger partial charge is 0.514 e. The van der Waals surface area contributed by atoms with Gasteiger partial charge in [0, 0.05) is 19.3 Å². The summed E-state index contributed by atoms with van der Waals surface area (Å²) in [6.07, 6.45) is 4.22. The molecule has 0 spiro atoms. The normalized spacial score (nSPS) is 24.4. The van der Waals surface area contributed by atoms with Gasteiger partial charge in [0.2, 0.25) is 5.95 Å². The monoisotopic (exact) mass is 275 g/mol. The van der Waals surface area contributed by atoms with Crippen LogP contribution >= 0.6 is 0 Å². The third-order valence-electron chi connectivity index (χ3n) is 4.55. The summed E-state index contributed by atoms with van der Waals surface area (Å²) in [4.78, 5) is 11.2. The number of rotatable bonds is 2. The Morgan fingerprint density at radius 2 is 1.70 bits per heavy atom. The molecule has 2 saturated heterocycles. The first kappa shape index (κ1) is 13.8. The summed E-state index contributed by atoms with van der Waals surface area (Å²) in [5, 5.41) is 0. The quantitative estimate of drug-likeness (QED) is 0.763. The van der Waals surface area contributed by atoms with Crippen LogP contribution in [-0.2, 0) is 9.31 Å². The molecule has 1 aromatic rings. The molecular weight excluding hydrogens is 253 g/mol. The van der Waals surface area contributed by atoms with Crippen LogP contribution in [0.5, 0.6) is 0 Å². The SMILES string of the molecule is CC1(C)OB(c2ccnc(N3CCCC3)n2)OC1(C)C. The molecule has 20 heavy (non-hydrogen) atoms. The third kappa shape index (κ3) is 2.31. The van der Waals surface area contributed by atoms with Crippen LogP contribution in [-0.4, -0.2) is 41.4 Å². The highest BCUT2D eigenvalue weighted by atomic mass is 16.7. The van der Waals surface area contributed by atoms with Crippen molar-refractivity contribution in [1.29, 1.82) is 0 Å². The fraction of sp³-hybridized carbons (Fsp3) is 0.714. The van der Waals surface area contributed by atoms with Gasteiger partial charge in [-0.25, -0.2) is 9.97 Å². The second-order valence-electron chi connectivity index (χ2n) is 6.56. The highest BCUT2D eigenvalue weighted by molar-refractivity contribution is 6.61. The summed E-state index contributed by atoms with van der Waals surface area (Å²) in [6, 6.07) is 1.88. The summed E-state index contributed by atoms with van der Waals surface area (Å²) >= 11 is 0. The zero-order valence-corrected chi connectivity index (χ0v) is 12.7. The molecule has 5 nitrogen and oxygen atoms in total. The first-order valence-corrected chi connectivity index (χ1v) is 7.33. The van der Waals surface area contributed by atoms with Crippen molar-refractivity contribution < 1.29 is 9.31 Å². The fourth-order valence-corrected chi connectivity index (χ4v) is 2.53. The Morgan fingerprint density at radius 1 is 1.10 bits per heavy atom. The topological polar surface area (TPSA) is 47.5 Å². The number of hydrogen-bond donors (Lipinski definition) is 0. The summed E-state index contributed by atoms with van der Waals surface area (Å²) in [5.74, 6) is 0.787. The van der Waals surface area contributed by atoms with E-state index in [1.54, 1.807) is 6.20 Å². The average Bonchev–Trinajstić information content (AvgIpc) is 2.97. The molecular formula is C14H22BN3O2. The van der Waals surface area contributed by atoms with E-state index in [1.807, 2.05) is 6.07 Å². The van der Waals surface area contributed by atoms with E-state index in [2.05, 4.69) is 42.6 Å². The van der Waals surface area contributed by atoms with E-state index in [4.69, 9.17) is 9.31 Å². The van der Waals surface area contributed by atoms with E-state index in [0.717, 1.165) is 24.6 Å². The third-order valence-corrected chi connectivity index (χ3v) is 4.55. The average molecular weight is 275 g/mol. The Morgan fingerprint density at radius 3 is 2.30 bits per heavy atom. The molecule has 1 aromatic heterocycles. The number of aromatic nitrogens is 2. The van der Waals surface area contributed by atoms with E-state index in [-0.39, 0.29) is 11.2 Å². The first-order chi connectivity index (χ1) is 9.39. The maximum Gasteiger partial charge on any atom is 0.514 e. The highest BCUT2D eigenvalue weighted by Gasteiger charge is 2.52. The minimum absolute atomic E-state index is 0.337. The molecule has 2 aliphatic rings. The smallest absolute Gasteiger partial charge is 0.398 e. The van der Waals surface area contributed by atoms with Gasteiger partial charge in [-0.3, -0.25) is 0 Å². The van der Waals surface area contributed by atoms with E-state index < -0.39 is 7.12 Å². The van der Waals surface area contributed by atoms with Crippen LogP contribution in [0, 0.1) is 0 Å². The van der Waals surface area contributed by atoms with Crippen molar-refractivity contribution >= 4 is 18.7 Å². The number of anilines is 1. The Kier molecular flexibility index (Phi) is 3.25. The van der Waals surface area contributed by atoms with Gasteiger partial charge < -0.3 is 14.2 Å². The van der Waals surface area contributed by atoms with Gasteiger partial charge in [-0.2, -0.15) is 0 Å². The molecule has 3 rings (SSSR count). The van der Waals surface area contributed by atoms with Crippen molar-refractivity contribution in [2.75, 3.05) is 18.0 Å². The molecule has 0 aliphatic carbocycles. The Balaban J connectivity index is 1.83. The highest BCUT2D eigenvalue weighted by Crippen LogP contribution is 2.36. The first-order valence-electron chi connectivity index (χ1n) is 7.33. The van der Waals surface area contributed by atoms with E-state index in [1.165, 1.54) is 12.8 Å². The van der Waals surface area contributed by atoms with Crippen LogP contribution in [0.3, 0.4) is 0 Å². The zero-order chi connectivity index (χ0) is 14.4. The fourth-order valence-electron chi connectivity index (χ4n) is 2.53. The van der Waals surface area contributed by atoms with E-state index >= 15 is 0 Å². The lowest BCUT2D eigenvalue weighted by atomic mass is 9.84. The van der Waals surface area contributed by atoms with Gasteiger partial charge in [0.05, 0.1) is 16.8 Å². The number of hydrogen-bond acceptors (Lipinski definition) is 5. The van der Waals surface area contributed by atoms with Gasteiger partial charge in [0.1, 0.15) is 0 Å². The van der Waals surface area contributed by atoms with Crippen molar-refractivity contribution in [3.8, 4) is 0 Å². The van der Waals surface area contributed by atoms with Gasteiger partial charge in [0.15, 0.2) is 0 Å². The molecule has 0 bridgehead atoms. The molecule has 0 atom stereocenters. The molecule has 0 aromatic carbocycles. The summed E-state index contributed by atoms with van der Waals surface area (Å²) in [7, 11) is -0.413. The van der Waals surface area contributed by atoms with Crippen molar-refractivity contribution in [3.05, 3.63) is 12.3 Å². The van der Waals surface area contributed by atoms with E-state index in [0.29, 0.717) is 0 Å². The molecule has 6 heteroatoms. The number of nitrogens with zero attached hydrogens (tertiary/aromatic N) is 3. The predicted molar refractivity (Wildman–Crippen MR) is 79.2 cm³/mol. The maximum absolute atomic E-state index is 6.04. The minimum Gasteiger partial charge on any atom is -0.398 e. The molecule has 108 valence electrons. The Hall–Kier alpha value is -1.14. The maximum atomic E-state index is 6.04. The lowest BCUT2D eigenvalue weighted by Crippen LogP contribution is -2.41. The van der Waals surface area contributed by atoms with Crippen LogP contribution in [0.25, 0.3) is 0 Å². The molecule has 3 heterocycles. The summed E-state index contributed by atoms with van der Waals surface area (Å²) < 4.78 is 12.1. The van der Waals surface area contributed by atoms with Gasteiger partial charge in [-0.15, -0.1) is 0 Å². The van der Waals surface area contributed by atoms with E-state index in [9.17, 15) is 0 Å². The van der Waals surface area contributed by atoms with Crippen molar-refractivity contribution in [2.24, 2.45) is 0 Å². The standard InChI is InChI=1S/C14H22BN3O2/c1-13(2)14(3,4)20-15(19-13)11-7-8-16-12(17-11)18-9-5-6-10-18/h7-8H,5-6,9-10H2,1-4H3. The molecule has 0 amide bonds. The lowest BCUT2D eigenvalue weighted by molar-refractivity contribution is 0.00578. The van der Waals surface area contributed by atoms with Gasteiger partial charge in [-0.1, -0.05) is 0 Å². The van der Waals surface area contributed by atoms with Crippen LogP contribution < -0.4 is 10.5 Å². The second kappa shape index (κ2) is 4.70. The minimum atomic E-state index is -0.413. The molecule has 0 unspecified atom stereocenters. The van der Waals surface area contributed by atoms with Crippen molar-refractivity contribution in [3.63, 3.8) is 0 Å². The molecule has 0 N–H and O–H groups in total. The predicted octanol–water partition coefficient (Wildman–Crippen LogP) is 1.38. The zero-order valence-electron chi connectivity index (χ0n) is 12.7. The summed E-state index contributed by atoms with van der Waals surface area (Å²) in [6.45, 7) is 10.3. The second-order valence-corrected chi connectivity index (χ2v) is 6.56. The molecule has 0 saturated carbocycles. The molecule has 2 aliphatic heterocycles. The lowest BCUT2D eigenvalue weighted by Gasteiger charge is -2.32. The van der Waals surface area contributed by atoms with Crippen LogP contribution in [0.1, 0.15) is 40.5 Å². The Bertz CT molecular complexity index is 485. The molecule has 0 radical (unpaired) electrons. The van der Waals surface area contributed by atoms with Crippen LogP contribution in [0.4, 0.5) is 5.95 Å².